The molecule has 5 nitrogen and oxygen atoms in total. The molecule has 6 heteroatoms. The second kappa shape index (κ2) is 7.55. The molecule has 1 heterocycles. The highest BCUT2D eigenvalue weighted by Crippen LogP contribution is 2.24. The van der Waals surface area contributed by atoms with E-state index in [4.69, 9.17) is 4.74 Å². The van der Waals surface area contributed by atoms with Crippen LogP contribution in [-0.2, 0) is 20.0 Å². The molecular weight excluding hydrogens is 326 g/mol. The summed E-state index contributed by atoms with van der Waals surface area (Å²) in [7, 11) is -2.96. The lowest BCUT2D eigenvalue weighted by atomic mass is 9.87. The Balaban J connectivity index is 1.66. The lowest BCUT2D eigenvalue weighted by Gasteiger charge is -2.19. The topological polar surface area (TPSA) is 72.5 Å². The van der Waals surface area contributed by atoms with E-state index in [1.165, 1.54) is 5.56 Å². The molecule has 0 radical (unpaired) electrons. The Hall–Kier alpha value is -1.56. The molecule has 0 aromatic heterocycles. The van der Waals surface area contributed by atoms with Crippen molar-refractivity contribution < 1.29 is 17.9 Å². The second-order valence-electron chi connectivity index (χ2n) is 7.39. The molecule has 1 N–H and O–H groups in total. The van der Waals surface area contributed by atoms with Crippen molar-refractivity contribution in [1.29, 1.82) is 0 Å². The van der Waals surface area contributed by atoms with Gasteiger partial charge in [0.2, 0.25) is 5.91 Å². The average molecular weight is 353 g/mol. The summed E-state index contributed by atoms with van der Waals surface area (Å²) >= 11 is 0. The second-order valence-corrected chi connectivity index (χ2v) is 9.62. The van der Waals surface area contributed by atoms with Crippen LogP contribution in [-0.4, -0.2) is 38.5 Å². The molecule has 1 aliphatic heterocycles. The maximum Gasteiger partial charge on any atom is 0.220 e. The Morgan fingerprint density at radius 2 is 1.92 bits per heavy atom. The van der Waals surface area contributed by atoms with Crippen LogP contribution >= 0.6 is 0 Å². The molecule has 1 atom stereocenters. The Morgan fingerprint density at radius 1 is 1.25 bits per heavy atom. The van der Waals surface area contributed by atoms with Gasteiger partial charge in [-0.25, -0.2) is 8.42 Å². The van der Waals surface area contributed by atoms with Crippen molar-refractivity contribution in [3.63, 3.8) is 0 Å². The van der Waals surface area contributed by atoms with Crippen LogP contribution in [0.25, 0.3) is 0 Å². The van der Waals surface area contributed by atoms with Crippen LogP contribution in [0.2, 0.25) is 0 Å². The van der Waals surface area contributed by atoms with E-state index in [1.807, 2.05) is 12.1 Å². The number of hydrogen-bond acceptors (Lipinski definition) is 4. The summed E-state index contributed by atoms with van der Waals surface area (Å²) in [5, 5.41) is 2.78. The highest BCUT2D eigenvalue weighted by molar-refractivity contribution is 7.91. The Bertz CT molecular complexity index is 659. The fourth-order valence-electron chi connectivity index (χ4n) is 2.68. The zero-order chi connectivity index (χ0) is 17.8. The number of carbonyl (C=O) groups excluding carboxylic acids is 1. The summed E-state index contributed by atoms with van der Waals surface area (Å²) in [6.07, 6.45) is 1.47. The molecular formula is C18H27NO4S. The Kier molecular flexibility index (Phi) is 5.91. The number of rotatable bonds is 6. The van der Waals surface area contributed by atoms with E-state index < -0.39 is 9.84 Å². The van der Waals surface area contributed by atoms with Gasteiger partial charge in [-0.05, 0) is 36.0 Å². The molecule has 2 rings (SSSR count). The first-order valence-corrected chi connectivity index (χ1v) is 10.2. The highest BCUT2D eigenvalue weighted by atomic mass is 32.2. The molecule has 1 amide bonds. The molecule has 1 aromatic carbocycles. The van der Waals surface area contributed by atoms with Crippen LogP contribution in [0.4, 0.5) is 0 Å². The lowest BCUT2D eigenvalue weighted by Crippen LogP contribution is -2.35. The number of amides is 1. The molecule has 24 heavy (non-hydrogen) atoms. The minimum absolute atomic E-state index is 0.0648. The molecule has 0 bridgehead atoms. The van der Waals surface area contributed by atoms with Gasteiger partial charge in [0.05, 0.1) is 18.1 Å². The predicted molar refractivity (Wildman–Crippen MR) is 95.1 cm³/mol. The molecule has 0 aliphatic carbocycles. The number of benzene rings is 1. The first kappa shape index (κ1) is 18.8. The van der Waals surface area contributed by atoms with E-state index in [-0.39, 0.29) is 28.9 Å². The normalized spacial score (nSPS) is 19.9. The van der Waals surface area contributed by atoms with Crippen molar-refractivity contribution in [2.45, 2.75) is 51.5 Å². The molecule has 0 saturated carbocycles. The van der Waals surface area contributed by atoms with Crippen molar-refractivity contribution in [3.8, 4) is 5.75 Å². The van der Waals surface area contributed by atoms with Gasteiger partial charge in [-0.15, -0.1) is 0 Å². The van der Waals surface area contributed by atoms with Crippen LogP contribution in [0.15, 0.2) is 24.3 Å². The van der Waals surface area contributed by atoms with Crippen LogP contribution < -0.4 is 10.1 Å². The van der Waals surface area contributed by atoms with Gasteiger partial charge in [-0.1, -0.05) is 32.9 Å². The molecule has 1 saturated heterocycles. The first-order valence-electron chi connectivity index (χ1n) is 8.39. The lowest BCUT2D eigenvalue weighted by molar-refractivity contribution is -0.121. The number of ether oxygens (including phenoxy) is 1. The van der Waals surface area contributed by atoms with Crippen molar-refractivity contribution in [2.24, 2.45) is 0 Å². The highest BCUT2D eigenvalue weighted by Gasteiger charge is 2.28. The predicted octanol–water partition coefficient (Wildman–Crippen LogP) is 2.45. The quantitative estimate of drug-likeness (QED) is 0.797. The van der Waals surface area contributed by atoms with Gasteiger partial charge in [0, 0.05) is 12.5 Å². The first-order chi connectivity index (χ1) is 11.2. The summed E-state index contributed by atoms with van der Waals surface area (Å²) in [6, 6.07) is 7.78. The maximum atomic E-state index is 11.8. The summed E-state index contributed by atoms with van der Waals surface area (Å²) in [6.45, 7) is 6.95. The van der Waals surface area contributed by atoms with Gasteiger partial charge in [0.15, 0.2) is 9.84 Å². The van der Waals surface area contributed by atoms with Gasteiger partial charge < -0.3 is 10.1 Å². The number of sulfone groups is 1. The van der Waals surface area contributed by atoms with Crippen molar-refractivity contribution in [3.05, 3.63) is 29.8 Å². The molecule has 134 valence electrons. The van der Waals surface area contributed by atoms with Crippen molar-refractivity contribution in [1.82, 2.24) is 5.32 Å². The average Bonchev–Trinajstić information content (AvgIpc) is 2.82. The van der Waals surface area contributed by atoms with E-state index in [9.17, 15) is 13.2 Å². The van der Waals surface area contributed by atoms with Gasteiger partial charge >= 0.3 is 0 Å². The van der Waals surface area contributed by atoms with E-state index in [0.717, 1.165) is 5.75 Å². The minimum Gasteiger partial charge on any atom is -0.494 e. The number of hydrogen-bond donors (Lipinski definition) is 1. The zero-order valence-corrected chi connectivity index (χ0v) is 15.5. The van der Waals surface area contributed by atoms with E-state index in [0.29, 0.717) is 25.9 Å². The third kappa shape index (κ3) is 5.82. The number of nitrogens with one attached hydrogen (secondary N) is 1. The van der Waals surface area contributed by atoms with E-state index >= 15 is 0 Å². The van der Waals surface area contributed by atoms with Crippen molar-refractivity contribution >= 4 is 15.7 Å². The van der Waals surface area contributed by atoms with E-state index in [1.54, 1.807) is 0 Å². The minimum atomic E-state index is -2.96. The van der Waals surface area contributed by atoms with Crippen LogP contribution in [0.3, 0.4) is 0 Å². The standard InChI is InChI=1S/C18H27NO4S/c1-18(2,3)14-6-8-16(9-7-14)23-11-4-5-17(20)19-15-10-12-24(21,22)13-15/h6-9,15H,4-5,10-13H2,1-3H3,(H,19,20). The van der Waals surface area contributed by atoms with Crippen LogP contribution in [0.1, 0.15) is 45.6 Å². The van der Waals surface area contributed by atoms with Gasteiger partial charge in [-0.2, -0.15) is 0 Å². The molecule has 0 spiro atoms. The van der Waals surface area contributed by atoms with Crippen LogP contribution in [0.5, 0.6) is 5.75 Å². The molecule has 1 unspecified atom stereocenters. The van der Waals surface area contributed by atoms with Crippen molar-refractivity contribution in [2.75, 3.05) is 18.1 Å². The SMILES string of the molecule is CC(C)(C)c1ccc(OCCCC(=O)NC2CCS(=O)(=O)C2)cc1. The van der Waals surface area contributed by atoms with Gasteiger partial charge in [0.25, 0.3) is 0 Å². The smallest absolute Gasteiger partial charge is 0.220 e. The Labute approximate surface area is 144 Å². The summed E-state index contributed by atoms with van der Waals surface area (Å²) in [5.74, 6) is 0.926. The summed E-state index contributed by atoms with van der Waals surface area (Å²) in [4.78, 5) is 11.8. The number of carbonyl (C=O) groups is 1. The third-order valence-electron chi connectivity index (χ3n) is 4.13. The zero-order valence-electron chi connectivity index (χ0n) is 14.7. The molecule has 1 fully saturated rings. The summed E-state index contributed by atoms with van der Waals surface area (Å²) < 4.78 is 28.4. The van der Waals surface area contributed by atoms with Gasteiger partial charge in [-0.3, -0.25) is 4.79 Å². The molecule has 1 aliphatic rings. The summed E-state index contributed by atoms with van der Waals surface area (Å²) in [5.41, 5.74) is 1.37. The molecule has 1 aromatic rings. The largest absolute Gasteiger partial charge is 0.494 e. The third-order valence-corrected chi connectivity index (χ3v) is 5.90. The Morgan fingerprint density at radius 3 is 2.46 bits per heavy atom. The monoisotopic (exact) mass is 353 g/mol. The van der Waals surface area contributed by atoms with Gasteiger partial charge in [0.1, 0.15) is 5.75 Å². The fourth-order valence-corrected chi connectivity index (χ4v) is 4.36. The maximum absolute atomic E-state index is 11.8. The fraction of sp³-hybridized carbons (Fsp3) is 0.611. The van der Waals surface area contributed by atoms with Crippen LogP contribution in [0, 0.1) is 0 Å². The van der Waals surface area contributed by atoms with E-state index in [2.05, 4.69) is 38.2 Å².